The lowest BCUT2D eigenvalue weighted by Crippen LogP contribution is -2.48. The van der Waals surface area contributed by atoms with Gasteiger partial charge in [-0.15, -0.1) is 0 Å². The minimum absolute atomic E-state index is 0.167. The zero-order valence-corrected chi connectivity index (χ0v) is 16.2. The smallest absolute Gasteiger partial charge is 0.411 e. The maximum atomic E-state index is 13.4. The van der Waals surface area contributed by atoms with Crippen molar-refractivity contribution in [2.24, 2.45) is 17.3 Å². The number of anilines is 2. The molecule has 0 bridgehead atoms. The summed E-state index contributed by atoms with van der Waals surface area (Å²) in [6.07, 6.45) is 2.55. The molecule has 3 aliphatic heterocycles. The highest BCUT2D eigenvalue weighted by Gasteiger charge is 2.75. The molecular weight excluding hydrogens is 358 g/mol. The van der Waals surface area contributed by atoms with E-state index in [1.54, 1.807) is 0 Å². The molecule has 3 heterocycles. The highest BCUT2D eigenvalue weighted by Crippen LogP contribution is 2.68. The van der Waals surface area contributed by atoms with Gasteiger partial charge in [0, 0.05) is 50.3 Å². The third-order valence-electron chi connectivity index (χ3n) is 7.21. The van der Waals surface area contributed by atoms with E-state index in [1.807, 2.05) is 24.3 Å². The number of fused-ring (bicyclic) bond motifs is 1. The highest BCUT2D eigenvalue weighted by molar-refractivity contribution is 5.91. The Balaban J connectivity index is 1.29. The van der Waals surface area contributed by atoms with Gasteiger partial charge in [-0.25, -0.2) is 4.79 Å². The lowest BCUT2D eigenvalue weighted by atomic mass is 9.94. The number of carbonyl (C=O) groups is 2. The van der Waals surface area contributed by atoms with Crippen molar-refractivity contribution in [1.29, 1.82) is 0 Å². The summed E-state index contributed by atoms with van der Waals surface area (Å²) in [6.45, 7) is 4.27. The summed E-state index contributed by atoms with van der Waals surface area (Å²) in [5.74, 6) is 1.46. The van der Waals surface area contributed by atoms with E-state index >= 15 is 0 Å². The van der Waals surface area contributed by atoms with Gasteiger partial charge in [-0.1, -0.05) is 0 Å². The molecule has 28 heavy (non-hydrogen) atoms. The van der Waals surface area contributed by atoms with Crippen molar-refractivity contribution in [3.05, 3.63) is 24.3 Å². The van der Waals surface area contributed by atoms with Gasteiger partial charge in [0.15, 0.2) is 0 Å². The van der Waals surface area contributed by atoms with E-state index in [-0.39, 0.29) is 5.41 Å². The highest BCUT2D eigenvalue weighted by atomic mass is 16.5. The second-order valence-corrected chi connectivity index (χ2v) is 8.43. The van der Waals surface area contributed by atoms with Gasteiger partial charge in [-0.2, -0.15) is 0 Å². The molecule has 3 atom stereocenters. The molecule has 0 radical (unpaired) electrons. The molecule has 1 N–H and O–H groups in total. The van der Waals surface area contributed by atoms with Crippen molar-refractivity contribution >= 4 is 23.4 Å². The van der Waals surface area contributed by atoms with Crippen LogP contribution in [0.4, 0.5) is 16.2 Å². The van der Waals surface area contributed by atoms with Crippen LogP contribution in [0.5, 0.6) is 0 Å². The van der Waals surface area contributed by atoms with Crippen molar-refractivity contribution < 1.29 is 19.1 Å². The molecule has 1 aromatic carbocycles. The van der Waals surface area contributed by atoms with Crippen LogP contribution in [0.2, 0.25) is 0 Å². The van der Waals surface area contributed by atoms with Gasteiger partial charge in [0.05, 0.1) is 12.5 Å². The molecule has 3 saturated heterocycles. The quantitative estimate of drug-likeness (QED) is 0.865. The summed E-state index contributed by atoms with van der Waals surface area (Å²) < 4.78 is 10.1. The van der Waals surface area contributed by atoms with E-state index in [9.17, 15) is 9.59 Å². The van der Waals surface area contributed by atoms with Gasteiger partial charge in [0.25, 0.3) is 0 Å². The molecule has 2 amide bonds. The van der Waals surface area contributed by atoms with Crippen molar-refractivity contribution in [3.63, 3.8) is 0 Å². The number of carbonyl (C=O) groups excluding carboxylic acids is 2. The van der Waals surface area contributed by atoms with Crippen LogP contribution in [-0.4, -0.2) is 62.9 Å². The van der Waals surface area contributed by atoms with E-state index in [4.69, 9.17) is 4.74 Å². The fourth-order valence-corrected chi connectivity index (χ4v) is 5.68. The largest absolute Gasteiger partial charge is 0.453 e. The molecule has 1 spiro atoms. The summed E-state index contributed by atoms with van der Waals surface area (Å²) in [5, 5.41) is 2.67. The van der Waals surface area contributed by atoms with Gasteiger partial charge < -0.3 is 19.3 Å². The molecule has 4 fully saturated rings. The minimum Gasteiger partial charge on any atom is -0.453 e. The van der Waals surface area contributed by atoms with E-state index in [1.165, 1.54) is 7.11 Å². The molecular formula is C21H27N3O4. The Labute approximate surface area is 165 Å². The summed E-state index contributed by atoms with van der Waals surface area (Å²) in [4.78, 5) is 29.2. The van der Waals surface area contributed by atoms with Crippen LogP contribution in [-0.2, 0) is 14.3 Å². The minimum atomic E-state index is -0.474. The topological polar surface area (TPSA) is 71.1 Å². The van der Waals surface area contributed by atoms with Crippen molar-refractivity contribution in [2.75, 3.05) is 50.2 Å². The first-order chi connectivity index (χ1) is 13.6. The lowest BCUT2D eigenvalue weighted by Gasteiger charge is -2.38. The van der Waals surface area contributed by atoms with Gasteiger partial charge in [-0.05, 0) is 55.4 Å². The van der Waals surface area contributed by atoms with Crippen LogP contribution in [0.3, 0.4) is 0 Å². The summed E-state index contributed by atoms with van der Waals surface area (Å²) in [5.41, 5.74) is 1.64. The van der Waals surface area contributed by atoms with Crippen LogP contribution in [0, 0.1) is 17.3 Å². The zero-order chi connectivity index (χ0) is 19.3. The number of hydrogen-bond donors (Lipinski definition) is 1. The summed E-state index contributed by atoms with van der Waals surface area (Å²) in [6, 6.07) is 8.14. The number of rotatable bonds is 3. The number of hydrogen-bond acceptors (Lipinski definition) is 5. The first kappa shape index (κ1) is 17.8. The van der Waals surface area contributed by atoms with E-state index in [0.29, 0.717) is 29.5 Å². The van der Waals surface area contributed by atoms with Gasteiger partial charge in [0.2, 0.25) is 5.91 Å². The number of amides is 2. The van der Waals surface area contributed by atoms with Crippen molar-refractivity contribution in [3.8, 4) is 0 Å². The number of ether oxygens (including phenoxy) is 2. The van der Waals surface area contributed by atoms with Crippen LogP contribution in [0.25, 0.3) is 0 Å². The molecule has 1 aromatic rings. The monoisotopic (exact) mass is 385 g/mol. The van der Waals surface area contributed by atoms with Crippen LogP contribution < -0.4 is 10.2 Å². The Bertz CT molecular complexity index is 776. The standard InChI is InChI=1S/C21H27N3O4/c1-27-20(26)22-14-2-4-15(5-3-14)23-9-6-17-18-12-24(16-7-10-28-11-8-16)19(25)21(17,18)13-23/h2-5,16-18H,6-13H2,1H3,(H,22,26)/t17?,18?,21-/m1/s1. The van der Waals surface area contributed by atoms with Crippen LogP contribution in [0.15, 0.2) is 24.3 Å². The summed E-state index contributed by atoms with van der Waals surface area (Å²) >= 11 is 0. The first-order valence-corrected chi connectivity index (χ1v) is 10.2. The molecule has 150 valence electrons. The molecule has 0 aromatic heterocycles. The third-order valence-corrected chi connectivity index (χ3v) is 7.21. The van der Waals surface area contributed by atoms with Gasteiger partial charge >= 0.3 is 6.09 Å². The number of benzene rings is 1. The maximum absolute atomic E-state index is 13.4. The van der Waals surface area contributed by atoms with E-state index in [0.717, 1.165) is 57.8 Å². The summed E-state index contributed by atoms with van der Waals surface area (Å²) in [7, 11) is 1.35. The SMILES string of the molecule is COC(=O)Nc1ccc(N2CCC3C4CN(C5CCOCC5)C(=O)[C@]34C2)cc1. The number of piperidine rings is 2. The number of likely N-dealkylation sites (tertiary alicyclic amines) is 1. The molecule has 5 rings (SSSR count). The third kappa shape index (κ3) is 2.67. The molecule has 4 aliphatic rings. The average molecular weight is 385 g/mol. The average Bonchev–Trinajstić information content (AvgIpc) is 3.30. The predicted molar refractivity (Wildman–Crippen MR) is 104 cm³/mol. The molecule has 7 nitrogen and oxygen atoms in total. The van der Waals surface area contributed by atoms with Gasteiger partial charge in [0.1, 0.15) is 0 Å². The Morgan fingerprint density at radius 1 is 1.18 bits per heavy atom. The van der Waals surface area contributed by atoms with E-state index < -0.39 is 6.09 Å². The van der Waals surface area contributed by atoms with Crippen molar-refractivity contribution in [1.82, 2.24) is 4.90 Å². The fourth-order valence-electron chi connectivity index (χ4n) is 5.68. The number of methoxy groups -OCH3 is 1. The Morgan fingerprint density at radius 2 is 1.93 bits per heavy atom. The predicted octanol–water partition coefficient (Wildman–Crippen LogP) is 2.33. The molecule has 2 unspecified atom stereocenters. The van der Waals surface area contributed by atoms with Crippen LogP contribution in [0.1, 0.15) is 19.3 Å². The molecule has 1 saturated carbocycles. The zero-order valence-electron chi connectivity index (χ0n) is 16.2. The second kappa shape index (κ2) is 6.65. The maximum Gasteiger partial charge on any atom is 0.411 e. The Hall–Kier alpha value is -2.28. The normalized spacial score (nSPS) is 32.0. The fraction of sp³-hybridized carbons (Fsp3) is 0.619. The number of nitrogens with one attached hydrogen (secondary N) is 1. The van der Waals surface area contributed by atoms with Crippen LogP contribution >= 0.6 is 0 Å². The number of nitrogens with zero attached hydrogens (tertiary/aromatic N) is 2. The Morgan fingerprint density at radius 3 is 2.64 bits per heavy atom. The first-order valence-electron chi connectivity index (χ1n) is 10.2. The Kier molecular flexibility index (Phi) is 4.23. The van der Waals surface area contributed by atoms with Gasteiger partial charge in [-0.3, -0.25) is 10.1 Å². The molecule has 1 aliphatic carbocycles. The lowest BCUT2D eigenvalue weighted by molar-refractivity contribution is -0.138. The molecule has 7 heteroatoms. The van der Waals surface area contributed by atoms with E-state index in [2.05, 4.69) is 19.9 Å². The van der Waals surface area contributed by atoms with Crippen molar-refractivity contribution in [2.45, 2.75) is 25.3 Å². The second-order valence-electron chi connectivity index (χ2n) is 8.43.